The van der Waals surface area contributed by atoms with Crippen molar-refractivity contribution in [2.45, 2.75) is 16.7 Å². The van der Waals surface area contributed by atoms with Crippen molar-refractivity contribution >= 4 is 23.5 Å². The van der Waals surface area contributed by atoms with Crippen molar-refractivity contribution in [1.29, 1.82) is 0 Å². The van der Waals surface area contributed by atoms with Crippen LogP contribution in [0.15, 0.2) is 70.7 Å². The van der Waals surface area contributed by atoms with Crippen molar-refractivity contribution in [2.24, 2.45) is 0 Å². The van der Waals surface area contributed by atoms with Gasteiger partial charge in [0.05, 0.1) is 25.6 Å². The van der Waals surface area contributed by atoms with E-state index in [0.29, 0.717) is 6.67 Å². The first-order valence-electron chi connectivity index (χ1n) is 9.67. The fourth-order valence-corrected chi connectivity index (χ4v) is 4.14. The molecular formula is C23H24N4O2S2. The maximum atomic E-state index is 5.30. The fraction of sp³-hybridized carbons (Fsp3) is 0.217. The van der Waals surface area contributed by atoms with E-state index in [9.17, 15) is 0 Å². The second kappa shape index (κ2) is 9.53. The topological polar surface area (TPSA) is 54.1 Å². The maximum Gasteiger partial charge on any atom is 0.134 e. The highest BCUT2D eigenvalue weighted by atomic mass is 32.2. The molecular weight excluding hydrogens is 428 g/mol. The number of methoxy groups -OCH3 is 2. The van der Waals surface area contributed by atoms with Gasteiger partial charge in [-0.3, -0.25) is 0 Å². The maximum absolute atomic E-state index is 5.30. The number of ether oxygens (including phenoxy) is 2. The normalized spacial score (nSPS) is 11.0. The average molecular weight is 453 g/mol. The van der Waals surface area contributed by atoms with Crippen LogP contribution in [0.25, 0.3) is 22.5 Å². The summed E-state index contributed by atoms with van der Waals surface area (Å²) in [6.45, 7) is 0.504. The van der Waals surface area contributed by atoms with Crippen LogP contribution < -0.4 is 9.47 Å². The average Bonchev–Trinajstić information content (AvgIpc) is 3.43. The van der Waals surface area contributed by atoms with Gasteiger partial charge in [-0.05, 0) is 73.2 Å². The first-order chi connectivity index (χ1) is 15.1. The summed E-state index contributed by atoms with van der Waals surface area (Å²) in [7, 11) is 3.35. The van der Waals surface area contributed by atoms with E-state index in [-0.39, 0.29) is 0 Å². The molecule has 0 bridgehead atoms. The van der Waals surface area contributed by atoms with Crippen molar-refractivity contribution in [3.8, 4) is 34.0 Å². The summed E-state index contributed by atoms with van der Waals surface area (Å²) in [6.07, 6.45) is 4.07. The molecule has 2 heterocycles. The van der Waals surface area contributed by atoms with Gasteiger partial charge in [0.15, 0.2) is 0 Å². The summed E-state index contributed by atoms with van der Waals surface area (Å²) in [5, 5.41) is 11.5. The van der Waals surface area contributed by atoms with E-state index in [1.807, 2.05) is 46.1 Å². The number of aromatic nitrogens is 4. The van der Waals surface area contributed by atoms with Gasteiger partial charge in [0.2, 0.25) is 0 Å². The number of hydrogen-bond acceptors (Lipinski definition) is 6. The van der Waals surface area contributed by atoms with E-state index in [2.05, 4.69) is 36.4 Å². The third-order valence-corrected chi connectivity index (χ3v) is 6.21. The van der Waals surface area contributed by atoms with Gasteiger partial charge in [0, 0.05) is 11.1 Å². The molecule has 0 aliphatic carbocycles. The lowest BCUT2D eigenvalue weighted by molar-refractivity contribution is 0.415. The standard InChI is InChI=1S/C23H24N4O2S2/c1-28-18-9-5-16(6-10-18)20-13-22(30-3)24-26(20)15-27-21(14-23(25-27)31-4)17-7-11-19(29-2)12-8-17/h5-14H,15H2,1-4H3. The minimum absolute atomic E-state index is 0.504. The van der Waals surface area contributed by atoms with E-state index in [4.69, 9.17) is 19.7 Å². The molecule has 2 aromatic carbocycles. The summed E-state index contributed by atoms with van der Waals surface area (Å²) in [4.78, 5) is 0. The zero-order chi connectivity index (χ0) is 21.8. The van der Waals surface area contributed by atoms with Gasteiger partial charge in [-0.1, -0.05) is 0 Å². The molecule has 4 rings (SSSR count). The SMILES string of the molecule is COc1ccc(-c2cc(SC)nn2Cn2nc(SC)cc2-c2ccc(OC)cc2)cc1. The molecule has 160 valence electrons. The molecule has 2 aromatic heterocycles. The Morgan fingerprint density at radius 1 is 0.677 bits per heavy atom. The minimum atomic E-state index is 0.504. The van der Waals surface area contributed by atoms with Crippen molar-refractivity contribution in [2.75, 3.05) is 26.7 Å². The Morgan fingerprint density at radius 2 is 1.06 bits per heavy atom. The van der Waals surface area contributed by atoms with Gasteiger partial charge in [-0.25, -0.2) is 9.36 Å². The Labute approximate surface area is 190 Å². The lowest BCUT2D eigenvalue weighted by atomic mass is 10.1. The Hall–Kier alpha value is -2.84. The molecule has 0 amide bonds. The highest BCUT2D eigenvalue weighted by Crippen LogP contribution is 2.29. The van der Waals surface area contributed by atoms with E-state index >= 15 is 0 Å². The number of thioether (sulfide) groups is 2. The van der Waals surface area contributed by atoms with Crippen LogP contribution in [0.2, 0.25) is 0 Å². The van der Waals surface area contributed by atoms with Crippen molar-refractivity contribution in [3.63, 3.8) is 0 Å². The zero-order valence-corrected chi connectivity index (χ0v) is 19.5. The molecule has 31 heavy (non-hydrogen) atoms. The Balaban J connectivity index is 1.73. The third kappa shape index (κ3) is 4.60. The molecule has 0 aliphatic rings. The first-order valence-corrected chi connectivity index (χ1v) is 12.1. The number of hydrogen-bond donors (Lipinski definition) is 0. The van der Waals surface area contributed by atoms with Gasteiger partial charge in [0.1, 0.15) is 28.2 Å². The second-order valence-corrected chi connectivity index (χ2v) is 8.39. The van der Waals surface area contributed by atoms with Crippen molar-refractivity contribution < 1.29 is 9.47 Å². The van der Waals surface area contributed by atoms with Gasteiger partial charge >= 0.3 is 0 Å². The largest absolute Gasteiger partial charge is 0.497 e. The van der Waals surface area contributed by atoms with Gasteiger partial charge in [-0.2, -0.15) is 10.2 Å². The lowest BCUT2D eigenvalue weighted by Crippen LogP contribution is -2.13. The zero-order valence-electron chi connectivity index (χ0n) is 17.9. The second-order valence-electron chi connectivity index (χ2n) is 6.74. The Morgan fingerprint density at radius 3 is 1.39 bits per heavy atom. The van der Waals surface area contributed by atoms with Crippen LogP contribution in [-0.4, -0.2) is 46.3 Å². The highest BCUT2D eigenvalue weighted by molar-refractivity contribution is 7.98. The molecule has 8 heteroatoms. The molecule has 0 unspecified atom stereocenters. The quantitative estimate of drug-likeness (QED) is 0.335. The Kier molecular flexibility index (Phi) is 6.58. The molecule has 0 aliphatic heterocycles. The summed E-state index contributed by atoms with van der Waals surface area (Å²) < 4.78 is 14.6. The predicted molar refractivity (Wildman–Crippen MR) is 127 cm³/mol. The molecule has 0 saturated carbocycles. The van der Waals surface area contributed by atoms with Crippen LogP contribution >= 0.6 is 23.5 Å². The van der Waals surface area contributed by atoms with E-state index in [1.54, 1.807) is 37.7 Å². The van der Waals surface area contributed by atoms with Crippen LogP contribution in [0.1, 0.15) is 0 Å². The summed E-state index contributed by atoms with van der Waals surface area (Å²) in [5.74, 6) is 1.66. The molecule has 0 radical (unpaired) electrons. The summed E-state index contributed by atoms with van der Waals surface area (Å²) in [6, 6.07) is 20.3. The van der Waals surface area contributed by atoms with Crippen LogP contribution in [-0.2, 0) is 6.67 Å². The minimum Gasteiger partial charge on any atom is -0.497 e. The van der Waals surface area contributed by atoms with Crippen LogP contribution in [0.4, 0.5) is 0 Å². The van der Waals surface area contributed by atoms with E-state index in [1.165, 1.54) is 0 Å². The molecule has 0 saturated heterocycles. The molecule has 0 atom stereocenters. The van der Waals surface area contributed by atoms with E-state index < -0.39 is 0 Å². The van der Waals surface area contributed by atoms with Gasteiger partial charge in [-0.15, -0.1) is 23.5 Å². The van der Waals surface area contributed by atoms with Gasteiger partial charge < -0.3 is 9.47 Å². The molecule has 6 nitrogen and oxygen atoms in total. The third-order valence-electron chi connectivity index (χ3n) is 4.97. The molecule has 0 fully saturated rings. The van der Waals surface area contributed by atoms with Crippen LogP contribution in [0.5, 0.6) is 11.5 Å². The lowest BCUT2D eigenvalue weighted by Gasteiger charge is -2.12. The predicted octanol–water partition coefficient (Wildman–Crippen LogP) is 5.38. The number of rotatable bonds is 8. The monoisotopic (exact) mass is 452 g/mol. The Bertz CT molecular complexity index is 1060. The molecule has 0 spiro atoms. The van der Waals surface area contributed by atoms with Crippen LogP contribution in [0, 0.1) is 0 Å². The fourth-order valence-electron chi connectivity index (χ4n) is 3.32. The van der Waals surface area contributed by atoms with Crippen molar-refractivity contribution in [3.05, 3.63) is 60.7 Å². The highest BCUT2D eigenvalue weighted by Gasteiger charge is 2.15. The summed E-state index contributed by atoms with van der Waals surface area (Å²) in [5.41, 5.74) is 4.23. The first kappa shape index (κ1) is 21.4. The summed E-state index contributed by atoms with van der Waals surface area (Å²) >= 11 is 3.25. The number of nitrogens with zero attached hydrogens (tertiary/aromatic N) is 4. The van der Waals surface area contributed by atoms with Crippen molar-refractivity contribution in [1.82, 2.24) is 19.6 Å². The van der Waals surface area contributed by atoms with Gasteiger partial charge in [0.25, 0.3) is 0 Å². The van der Waals surface area contributed by atoms with Crippen LogP contribution in [0.3, 0.4) is 0 Å². The molecule has 0 N–H and O–H groups in total. The number of benzene rings is 2. The smallest absolute Gasteiger partial charge is 0.134 e. The molecule has 4 aromatic rings. The van der Waals surface area contributed by atoms with E-state index in [0.717, 1.165) is 44.1 Å².